The van der Waals surface area contributed by atoms with E-state index in [1.54, 1.807) is 24.3 Å². The van der Waals surface area contributed by atoms with Crippen molar-refractivity contribution in [2.24, 2.45) is 5.73 Å². The molecule has 0 radical (unpaired) electrons. The molecule has 2 rings (SSSR count). The molecule has 0 atom stereocenters. The Kier molecular flexibility index (Phi) is 2.55. The number of benzene rings is 2. The minimum Gasteiger partial charge on any atom is -0.428 e. The van der Waals surface area contributed by atoms with Crippen LogP contribution in [0.2, 0.25) is 0 Å². The van der Waals surface area contributed by atoms with E-state index in [0.29, 0.717) is 23.2 Å². The van der Waals surface area contributed by atoms with E-state index < -0.39 is 5.91 Å². The van der Waals surface area contributed by atoms with Crippen molar-refractivity contribution in [3.8, 4) is 5.75 Å². The number of nitrogens with two attached hydrogens (primary N) is 1. The van der Waals surface area contributed by atoms with Gasteiger partial charge in [0.1, 0.15) is 5.75 Å². The third-order valence-corrected chi connectivity index (χ3v) is 2.31. The number of fused-ring (bicyclic) bond motifs is 1. The molecule has 0 saturated carbocycles. The molecule has 16 heavy (non-hydrogen) atoms. The van der Waals surface area contributed by atoms with E-state index in [1.165, 1.54) is 0 Å². The van der Waals surface area contributed by atoms with Crippen LogP contribution in [0.3, 0.4) is 0 Å². The number of carbonyl (C=O) groups excluding carboxylic acids is 2. The van der Waals surface area contributed by atoms with Crippen molar-refractivity contribution in [3.63, 3.8) is 0 Å². The fourth-order valence-electron chi connectivity index (χ4n) is 1.66. The minimum atomic E-state index is -0.549. The zero-order chi connectivity index (χ0) is 11.5. The van der Waals surface area contributed by atoms with Crippen LogP contribution in [-0.4, -0.2) is 12.4 Å². The Balaban J connectivity index is 2.81. The predicted molar refractivity (Wildman–Crippen MR) is 59.2 cm³/mol. The van der Waals surface area contributed by atoms with Gasteiger partial charge in [0, 0.05) is 5.39 Å². The van der Waals surface area contributed by atoms with Crippen molar-refractivity contribution in [3.05, 3.63) is 42.0 Å². The second kappa shape index (κ2) is 4.02. The molecule has 0 aliphatic carbocycles. The van der Waals surface area contributed by atoms with E-state index in [-0.39, 0.29) is 0 Å². The van der Waals surface area contributed by atoms with Crippen molar-refractivity contribution in [1.82, 2.24) is 0 Å². The molecule has 80 valence electrons. The molecular weight excluding hydrogens is 206 g/mol. The Morgan fingerprint density at radius 2 is 1.88 bits per heavy atom. The molecule has 0 aliphatic heterocycles. The van der Waals surface area contributed by atoms with Gasteiger partial charge in [0.05, 0.1) is 5.56 Å². The normalized spacial score (nSPS) is 10.0. The second-order valence-corrected chi connectivity index (χ2v) is 3.24. The van der Waals surface area contributed by atoms with Gasteiger partial charge in [-0.1, -0.05) is 24.3 Å². The molecule has 0 aliphatic rings. The second-order valence-electron chi connectivity index (χ2n) is 3.24. The Labute approximate surface area is 91.6 Å². The molecule has 1 amide bonds. The van der Waals surface area contributed by atoms with Gasteiger partial charge in [-0.15, -0.1) is 0 Å². The van der Waals surface area contributed by atoms with E-state index in [9.17, 15) is 9.59 Å². The number of primary amides is 1. The molecule has 0 fully saturated rings. The monoisotopic (exact) mass is 215 g/mol. The van der Waals surface area contributed by atoms with Crippen LogP contribution in [0.15, 0.2) is 36.4 Å². The molecule has 4 nitrogen and oxygen atoms in total. The number of hydrogen-bond acceptors (Lipinski definition) is 3. The van der Waals surface area contributed by atoms with Gasteiger partial charge in [-0.2, -0.15) is 0 Å². The highest BCUT2D eigenvalue weighted by molar-refractivity contribution is 6.08. The Morgan fingerprint density at radius 1 is 1.19 bits per heavy atom. The van der Waals surface area contributed by atoms with E-state index >= 15 is 0 Å². The van der Waals surface area contributed by atoms with Crippen LogP contribution in [0.4, 0.5) is 0 Å². The molecule has 0 heterocycles. The van der Waals surface area contributed by atoms with Gasteiger partial charge in [-0.3, -0.25) is 9.59 Å². The largest absolute Gasteiger partial charge is 0.428 e. The Hall–Kier alpha value is -2.36. The predicted octanol–water partition coefficient (Wildman–Crippen LogP) is 1.47. The maximum absolute atomic E-state index is 11.2. The highest BCUT2D eigenvalue weighted by Gasteiger charge is 2.10. The summed E-state index contributed by atoms with van der Waals surface area (Å²) in [5.74, 6) is -0.213. The third-order valence-electron chi connectivity index (χ3n) is 2.31. The van der Waals surface area contributed by atoms with Crippen molar-refractivity contribution in [2.45, 2.75) is 0 Å². The summed E-state index contributed by atoms with van der Waals surface area (Å²) in [7, 11) is 0. The van der Waals surface area contributed by atoms with Gasteiger partial charge in [0.2, 0.25) is 5.91 Å². The SMILES string of the molecule is NC(=O)c1cccc2cccc(OC=O)c12. The van der Waals surface area contributed by atoms with Gasteiger partial charge in [-0.25, -0.2) is 0 Å². The summed E-state index contributed by atoms with van der Waals surface area (Å²) in [5, 5.41) is 1.36. The van der Waals surface area contributed by atoms with Gasteiger partial charge < -0.3 is 10.5 Å². The molecule has 0 unspecified atom stereocenters. The number of ether oxygens (including phenoxy) is 1. The van der Waals surface area contributed by atoms with Gasteiger partial charge in [-0.05, 0) is 17.5 Å². The number of rotatable bonds is 3. The van der Waals surface area contributed by atoms with Crippen LogP contribution in [0.25, 0.3) is 10.8 Å². The summed E-state index contributed by atoms with van der Waals surface area (Å²) in [6, 6.07) is 10.3. The summed E-state index contributed by atoms with van der Waals surface area (Å²) in [5.41, 5.74) is 5.60. The standard InChI is InChI=1S/C12H9NO3/c13-12(15)9-5-1-3-8-4-2-6-10(11(8)9)16-7-14/h1-7H,(H2,13,15). The fourth-order valence-corrected chi connectivity index (χ4v) is 1.66. The smallest absolute Gasteiger partial charge is 0.298 e. The summed E-state index contributed by atoms with van der Waals surface area (Å²) in [6.45, 7) is 0.326. The quantitative estimate of drug-likeness (QED) is 0.788. The zero-order valence-corrected chi connectivity index (χ0v) is 8.34. The van der Waals surface area contributed by atoms with Gasteiger partial charge in [0.25, 0.3) is 6.47 Å². The van der Waals surface area contributed by atoms with Crippen molar-refractivity contribution >= 4 is 23.2 Å². The van der Waals surface area contributed by atoms with Crippen LogP contribution in [0.1, 0.15) is 10.4 Å². The maximum atomic E-state index is 11.2. The van der Waals surface area contributed by atoms with Crippen molar-refractivity contribution in [1.29, 1.82) is 0 Å². The summed E-state index contributed by atoms with van der Waals surface area (Å²) < 4.78 is 4.82. The Morgan fingerprint density at radius 3 is 2.50 bits per heavy atom. The summed E-state index contributed by atoms with van der Waals surface area (Å²) in [4.78, 5) is 21.6. The van der Waals surface area contributed by atoms with E-state index in [0.717, 1.165) is 5.39 Å². The molecule has 0 aromatic heterocycles. The number of amides is 1. The first-order chi connectivity index (χ1) is 7.74. The van der Waals surface area contributed by atoms with Crippen LogP contribution in [-0.2, 0) is 4.79 Å². The summed E-state index contributed by atoms with van der Waals surface area (Å²) in [6.07, 6.45) is 0. The fraction of sp³-hybridized carbons (Fsp3) is 0. The van der Waals surface area contributed by atoms with Crippen LogP contribution in [0, 0.1) is 0 Å². The molecule has 4 heteroatoms. The lowest BCUT2D eigenvalue weighted by atomic mass is 10.0. The lowest BCUT2D eigenvalue weighted by Gasteiger charge is -2.07. The zero-order valence-electron chi connectivity index (χ0n) is 8.34. The molecule has 2 aromatic rings. The molecule has 0 spiro atoms. The topological polar surface area (TPSA) is 69.4 Å². The lowest BCUT2D eigenvalue weighted by molar-refractivity contribution is -0.120. The van der Waals surface area contributed by atoms with E-state index in [4.69, 9.17) is 10.5 Å². The lowest BCUT2D eigenvalue weighted by Crippen LogP contribution is -2.11. The first-order valence-electron chi connectivity index (χ1n) is 4.66. The number of carbonyl (C=O) groups is 2. The average molecular weight is 215 g/mol. The average Bonchev–Trinajstić information content (AvgIpc) is 2.29. The first-order valence-corrected chi connectivity index (χ1v) is 4.66. The van der Waals surface area contributed by atoms with E-state index in [1.807, 2.05) is 12.1 Å². The summed E-state index contributed by atoms with van der Waals surface area (Å²) >= 11 is 0. The molecule has 2 aromatic carbocycles. The maximum Gasteiger partial charge on any atom is 0.298 e. The van der Waals surface area contributed by atoms with Gasteiger partial charge in [0.15, 0.2) is 0 Å². The van der Waals surface area contributed by atoms with Crippen LogP contribution >= 0.6 is 0 Å². The molecule has 0 saturated heterocycles. The van der Waals surface area contributed by atoms with Crippen molar-refractivity contribution in [2.75, 3.05) is 0 Å². The minimum absolute atomic E-state index is 0.326. The van der Waals surface area contributed by atoms with E-state index in [2.05, 4.69) is 0 Å². The number of hydrogen-bond donors (Lipinski definition) is 1. The van der Waals surface area contributed by atoms with Crippen LogP contribution in [0.5, 0.6) is 5.75 Å². The molecular formula is C12H9NO3. The molecule has 2 N–H and O–H groups in total. The Bertz CT molecular complexity index is 558. The molecule has 0 bridgehead atoms. The highest BCUT2D eigenvalue weighted by atomic mass is 16.5. The first kappa shape index (κ1) is 10.2. The van der Waals surface area contributed by atoms with Gasteiger partial charge >= 0.3 is 0 Å². The van der Waals surface area contributed by atoms with Crippen molar-refractivity contribution < 1.29 is 14.3 Å². The third kappa shape index (κ3) is 1.61. The highest BCUT2D eigenvalue weighted by Crippen LogP contribution is 2.28. The van der Waals surface area contributed by atoms with Crippen LogP contribution < -0.4 is 10.5 Å².